The van der Waals surface area contributed by atoms with Crippen molar-refractivity contribution in [2.75, 3.05) is 0 Å². The summed E-state index contributed by atoms with van der Waals surface area (Å²) in [6, 6.07) is 1.27. The average Bonchev–Trinajstić information content (AvgIpc) is 1.85. The van der Waals surface area contributed by atoms with E-state index in [2.05, 4.69) is 5.10 Å². The van der Waals surface area contributed by atoms with E-state index in [-0.39, 0.29) is 5.56 Å². The van der Waals surface area contributed by atoms with Crippen molar-refractivity contribution in [2.24, 2.45) is 0 Å². The molecule has 1 atom stereocenters. The lowest BCUT2D eigenvalue weighted by molar-refractivity contribution is 0.592. The molecule has 0 aromatic carbocycles. The highest BCUT2D eigenvalue weighted by atomic mass is 35.5. The molecule has 1 aromatic rings. The molecule has 0 aliphatic heterocycles. The van der Waals surface area contributed by atoms with Crippen molar-refractivity contribution in [1.29, 1.82) is 0 Å². The van der Waals surface area contributed by atoms with Gasteiger partial charge < -0.3 is 0 Å². The molecular formula is C6H6Cl2N2O. The Morgan fingerprint density at radius 2 is 2.36 bits per heavy atom. The Hall–Kier alpha value is -0.540. The highest BCUT2D eigenvalue weighted by molar-refractivity contribution is 6.30. The molecule has 0 fully saturated rings. The van der Waals surface area contributed by atoms with Crippen LogP contribution in [0, 0.1) is 0 Å². The van der Waals surface area contributed by atoms with Crippen LogP contribution in [0.2, 0.25) is 5.02 Å². The van der Waals surface area contributed by atoms with Gasteiger partial charge >= 0.3 is 0 Å². The van der Waals surface area contributed by atoms with E-state index in [1.807, 2.05) is 0 Å². The van der Waals surface area contributed by atoms with Gasteiger partial charge in [-0.25, -0.2) is 4.68 Å². The Balaban J connectivity index is 3.21. The molecule has 0 aliphatic rings. The average molecular weight is 193 g/mol. The lowest BCUT2D eigenvalue weighted by Crippen LogP contribution is -2.22. The summed E-state index contributed by atoms with van der Waals surface area (Å²) >= 11 is 11.1. The lowest BCUT2D eigenvalue weighted by Gasteiger charge is -2.03. The summed E-state index contributed by atoms with van der Waals surface area (Å²) < 4.78 is 1.15. The van der Waals surface area contributed by atoms with Crippen molar-refractivity contribution >= 4 is 23.2 Å². The fraction of sp³-hybridized carbons (Fsp3) is 0.333. The number of hydrogen-bond donors (Lipinski definition) is 0. The molecule has 1 aromatic heterocycles. The minimum atomic E-state index is -0.445. The minimum Gasteiger partial charge on any atom is -0.268 e. The van der Waals surface area contributed by atoms with E-state index in [0.29, 0.717) is 5.02 Å². The summed E-state index contributed by atoms with van der Waals surface area (Å²) in [6.07, 6.45) is 1.38. The Morgan fingerprint density at radius 3 is 2.82 bits per heavy atom. The highest BCUT2D eigenvalue weighted by Gasteiger charge is 2.02. The second kappa shape index (κ2) is 3.24. The standard InChI is InChI=1S/C6H6Cl2N2O/c1-4(7)10-6(11)2-5(8)3-9-10/h2-4H,1H3. The zero-order chi connectivity index (χ0) is 8.43. The molecule has 1 unspecified atom stereocenters. The summed E-state index contributed by atoms with van der Waals surface area (Å²) in [6.45, 7) is 1.66. The van der Waals surface area contributed by atoms with Crippen LogP contribution in [-0.4, -0.2) is 9.78 Å². The largest absolute Gasteiger partial charge is 0.269 e. The predicted molar refractivity (Wildman–Crippen MR) is 44.1 cm³/mol. The van der Waals surface area contributed by atoms with Crippen LogP contribution in [-0.2, 0) is 0 Å². The fourth-order valence-corrected chi connectivity index (χ4v) is 0.946. The predicted octanol–water partition coefficient (Wildman–Crippen LogP) is 1.65. The molecule has 1 heterocycles. The molecule has 0 bridgehead atoms. The Bertz CT molecular complexity index is 308. The molecule has 0 saturated heterocycles. The summed E-state index contributed by atoms with van der Waals surface area (Å²) in [7, 11) is 0. The summed E-state index contributed by atoms with van der Waals surface area (Å²) in [5, 5.41) is 4.04. The maximum atomic E-state index is 11.0. The molecule has 0 radical (unpaired) electrons. The lowest BCUT2D eigenvalue weighted by atomic mass is 10.5. The van der Waals surface area contributed by atoms with Gasteiger partial charge in [-0.15, -0.1) is 0 Å². The van der Waals surface area contributed by atoms with Crippen molar-refractivity contribution in [3.8, 4) is 0 Å². The van der Waals surface area contributed by atoms with Gasteiger partial charge in [0.2, 0.25) is 0 Å². The number of aromatic nitrogens is 2. The van der Waals surface area contributed by atoms with Crippen LogP contribution < -0.4 is 5.56 Å². The van der Waals surface area contributed by atoms with Crippen molar-refractivity contribution in [3.63, 3.8) is 0 Å². The summed E-state index contributed by atoms with van der Waals surface area (Å²) in [5.41, 5.74) is -0.736. The molecule has 0 aliphatic carbocycles. The Kier molecular flexibility index (Phi) is 2.52. The van der Waals surface area contributed by atoms with Crippen molar-refractivity contribution < 1.29 is 0 Å². The topological polar surface area (TPSA) is 34.9 Å². The van der Waals surface area contributed by atoms with E-state index in [0.717, 1.165) is 4.68 Å². The van der Waals surface area contributed by atoms with Crippen molar-refractivity contribution in [1.82, 2.24) is 9.78 Å². The number of nitrogens with zero attached hydrogens (tertiary/aromatic N) is 2. The van der Waals surface area contributed by atoms with Crippen LogP contribution >= 0.6 is 23.2 Å². The first-order chi connectivity index (χ1) is 5.11. The monoisotopic (exact) mass is 192 g/mol. The van der Waals surface area contributed by atoms with Gasteiger partial charge in [-0.1, -0.05) is 23.2 Å². The maximum Gasteiger partial charge on any atom is 0.269 e. The van der Waals surface area contributed by atoms with Crippen LogP contribution in [0.4, 0.5) is 0 Å². The molecule has 0 saturated carbocycles. The molecular weight excluding hydrogens is 187 g/mol. The third kappa shape index (κ3) is 1.94. The fourth-order valence-electron chi connectivity index (χ4n) is 0.663. The molecule has 0 N–H and O–H groups in total. The second-order valence-electron chi connectivity index (χ2n) is 2.03. The van der Waals surface area contributed by atoms with Gasteiger partial charge in [-0.2, -0.15) is 5.10 Å². The number of alkyl halides is 1. The third-order valence-corrected chi connectivity index (χ3v) is 1.52. The van der Waals surface area contributed by atoms with Crippen LogP contribution in [0.1, 0.15) is 12.4 Å². The van der Waals surface area contributed by atoms with Gasteiger partial charge in [0.15, 0.2) is 0 Å². The highest BCUT2D eigenvalue weighted by Crippen LogP contribution is 2.06. The van der Waals surface area contributed by atoms with Gasteiger partial charge in [-0.05, 0) is 6.92 Å². The van der Waals surface area contributed by atoms with E-state index < -0.39 is 5.50 Å². The zero-order valence-corrected chi connectivity index (χ0v) is 7.30. The third-order valence-electron chi connectivity index (χ3n) is 1.13. The van der Waals surface area contributed by atoms with Gasteiger partial charge in [0, 0.05) is 6.07 Å². The Morgan fingerprint density at radius 1 is 1.73 bits per heavy atom. The minimum absolute atomic E-state index is 0.292. The number of hydrogen-bond acceptors (Lipinski definition) is 2. The van der Waals surface area contributed by atoms with E-state index in [4.69, 9.17) is 23.2 Å². The first-order valence-corrected chi connectivity index (χ1v) is 3.81. The molecule has 0 spiro atoms. The van der Waals surface area contributed by atoms with Gasteiger partial charge in [0.1, 0.15) is 5.50 Å². The molecule has 3 nitrogen and oxygen atoms in total. The first-order valence-electron chi connectivity index (χ1n) is 2.99. The van der Waals surface area contributed by atoms with E-state index in [1.165, 1.54) is 12.3 Å². The first kappa shape index (κ1) is 8.56. The smallest absolute Gasteiger partial charge is 0.268 e. The van der Waals surface area contributed by atoms with Crippen LogP contribution in [0.25, 0.3) is 0 Å². The molecule has 5 heteroatoms. The van der Waals surface area contributed by atoms with Crippen molar-refractivity contribution in [2.45, 2.75) is 12.4 Å². The molecule has 1 rings (SSSR count). The number of halogens is 2. The van der Waals surface area contributed by atoms with E-state index >= 15 is 0 Å². The van der Waals surface area contributed by atoms with Gasteiger partial charge in [0.25, 0.3) is 5.56 Å². The quantitative estimate of drug-likeness (QED) is 0.635. The van der Waals surface area contributed by atoms with Crippen molar-refractivity contribution in [3.05, 3.63) is 27.6 Å². The van der Waals surface area contributed by atoms with Gasteiger partial charge in [0.05, 0.1) is 11.2 Å². The maximum absolute atomic E-state index is 11.0. The zero-order valence-electron chi connectivity index (χ0n) is 5.79. The summed E-state index contributed by atoms with van der Waals surface area (Å²) in [4.78, 5) is 11.0. The second-order valence-corrected chi connectivity index (χ2v) is 3.10. The van der Waals surface area contributed by atoms with Crippen LogP contribution in [0.5, 0.6) is 0 Å². The summed E-state index contributed by atoms with van der Waals surface area (Å²) in [5.74, 6) is 0. The van der Waals surface area contributed by atoms with Crippen LogP contribution in [0.15, 0.2) is 17.1 Å². The molecule has 60 valence electrons. The number of rotatable bonds is 1. The van der Waals surface area contributed by atoms with E-state index in [9.17, 15) is 4.79 Å². The Labute approximate surface area is 73.5 Å². The molecule has 11 heavy (non-hydrogen) atoms. The van der Waals surface area contributed by atoms with E-state index in [1.54, 1.807) is 6.92 Å². The van der Waals surface area contributed by atoms with Gasteiger partial charge in [-0.3, -0.25) is 4.79 Å². The molecule has 0 amide bonds. The SMILES string of the molecule is CC(Cl)n1ncc(Cl)cc1=O. The van der Waals surface area contributed by atoms with Crippen LogP contribution in [0.3, 0.4) is 0 Å². The normalized spacial score (nSPS) is 13.0.